The Morgan fingerprint density at radius 1 is 1.14 bits per heavy atom. The number of fused-ring (bicyclic) bond motifs is 1. The van der Waals surface area contributed by atoms with Crippen molar-refractivity contribution in [3.05, 3.63) is 66.8 Å². The summed E-state index contributed by atoms with van der Waals surface area (Å²) in [5, 5.41) is 16.9. The largest absolute Gasteiger partial charge is 0.382 e. The summed E-state index contributed by atoms with van der Waals surface area (Å²) in [4.78, 5) is 16.9. The number of nitrogen functional groups attached to an aromatic ring is 1. The van der Waals surface area contributed by atoms with Crippen LogP contribution in [0.1, 0.15) is 47.9 Å². The Morgan fingerprint density at radius 2 is 1.95 bits per heavy atom. The highest BCUT2D eigenvalue weighted by Gasteiger charge is 2.48. The van der Waals surface area contributed by atoms with Crippen molar-refractivity contribution < 1.29 is 22.7 Å². The summed E-state index contributed by atoms with van der Waals surface area (Å²) in [5.41, 5.74) is 8.17. The molecule has 1 aromatic carbocycles. The Hall–Kier alpha value is -4.47. The minimum atomic E-state index is -3.91. The smallest absolute Gasteiger partial charge is 0.199 e. The van der Waals surface area contributed by atoms with Gasteiger partial charge in [0.25, 0.3) is 0 Å². The number of anilines is 1. The Morgan fingerprint density at radius 3 is 2.70 bits per heavy atom. The van der Waals surface area contributed by atoms with Crippen molar-refractivity contribution in [3.63, 3.8) is 0 Å². The van der Waals surface area contributed by atoms with E-state index in [0.717, 1.165) is 30.3 Å². The zero-order chi connectivity index (χ0) is 30.2. The van der Waals surface area contributed by atoms with Crippen molar-refractivity contribution in [2.75, 3.05) is 32.3 Å². The number of aldehydes is 1. The third-order valence-electron chi connectivity index (χ3n) is 7.83. The first-order valence-electron chi connectivity index (χ1n) is 13.7. The number of hydrogen-bond acceptors (Lipinski definition) is 11. The fraction of sp³-hybridized carbons (Fsp3) is 0.357. The minimum Gasteiger partial charge on any atom is -0.382 e. The van der Waals surface area contributed by atoms with Gasteiger partial charge in [-0.25, -0.2) is 18.1 Å². The van der Waals surface area contributed by atoms with Gasteiger partial charge in [0.2, 0.25) is 0 Å². The molecule has 5 aromatic rings. The van der Waals surface area contributed by atoms with Gasteiger partial charge in [0.05, 0.1) is 42.9 Å². The second kappa shape index (κ2) is 11.3. The summed E-state index contributed by atoms with van der Waals surface area (Å²) in [7, 11) is -2.35. The Labute approximate surface area is 247 Å². The van der Waals surface area contributed by atoms with Gasteiger partial charge in [-0.05, 0) is 31.4 Å². The number of rotatable bonds is 10. The van der Waals surface area contributed by atoms with Gasteiger partial charge >= 0.3 is 0 Å². The SMILES string of the molecule is COCCO[C@]1(n2cnnc2C=O)CCCCC1c1nc2c(-c3cnn(-c4ccccc4)c3)cnn2c(N)c1S(C)(=O)=O. The molecule has 0 aliphatic heterocycles. The zero-order valence-corrected chi connectivity index (χ0v) is 24.5. The highest BCUT2D eigenvalue weighted by Crippen LogP contribution is 2.49. The van der Waals surface area contributed by atoms with Gasteiger partial charge in [-0.2, -0.15) is 14.7 Å². The van der Waals surface area contributed by atoms with Crippen LogP contribution in [0.4, 0.5) is 5.82 Å². The lowest BCUT2D eigenvalue weighted by atomic mass is 9.78. The fourth-order valence-electron chi connectivity index (χ4n) is 5.95. The predicted molar refractivity (Wildman–Crippen MR) is 155 cm³/mol. The molecule has 2 atom stereocenters. The molecule has 0 bridgehead atoms. The molecule has 0 spiro atoms. The third kappa shape index (κ3) is 4.98. The van der Waals surface area contributed by atoms with Crippen LogP contribution >= 0.6 is 0 Å². The minimum absolute atomic E-state index is 0.0534. The van der Waals surface area contributed by atoms with E-state index in [1.807, 2.05) is 36.5 Å². The van der Waals surface area contributed by atoms with Crippen LogP contribution in [0.25, 0.3) is 22.5 Å². The van der Waals surface area contributed by atoms with Gasteiger partial charge in [0.1, 0.15) is 17.0 Å². The van der Waals surface area contributed by atoms with Gasteiger partial charge in [0.15, 0.2) is 33.3 Å². The van der Waals surface area contributed by atoms with E-state index in [1.165, 1.54) is 10.8 Å². The van der Waals surface area contributed by atoms with Crippen LogP contribution in [-0.2, 0) is 25.0 Å². The second-order valence-electron chi connectivity index (χ2n) is 10.4. The standard InChI is InChI=1S/C28H31N9O5S/c1-41-12-13-42-28(35-18-30-34-23(35)17-38)11-7-6-10-22(28)24-25(43(2,39)40)26(29)37-27(33-24)21(15-32-37)19-14-31-36(16-19)20-8-4-3-5-9-20/h3-5,8-9,14-18,22H,6-7,10-13,29H2,1-2H3/t22?,28-/m1/s1. The van der Waals surface area contributed by atoms with Crippen LogP contribution in [-0.4, -0.2) is 80.4 Å². The van der Waals surface area contributed by atoms with Crippen molar-refractivity contribution in [2.24, 2.45) is 0 Å². The van der Waals surface area contributed by atoms with Gasteiger partial charge in [-0.3, -0.25) is 9.36 Å². The summed E-state index contributed by atoms with van der Waals surface area (Å²) in [5.74, 6) is -0.655. The molecule has 15 heteroatoms. The van der Waals surface area contributed by atoms with Crippen molar-refractivity contribution >= 4 is 27.6 Å². The van der Waals surface area contributed by atoms with E-state index in [4.69, 9.17) is 20.2 Å². The van der Waals surface area contributed by atoms with Crippen LogP contribution in [0.2, 0.25) is 0 Å². The maximum Gasteiger partial charge on any atom is 0.199 e. The Balaban J connectivity index is 1.57. The van der Waals surface area contributed by atoms with Crippen LogP contribution in [0.15, 0.2) is 60.1 Å². The average molecular weight is 606 g/mol. The number of methoxy groups -OCH3 is 1. The van der Waals surface area contributed by atoms with Crippen molar-refractivity contribution in [3.8, 4) is 16.8 Å². The topological polar surface area (TPSA) is 174 Å². The number of carbonyl (C=O) groups is 1. The van der Waals surface area contributed by atoms with Gasteiger partial charge in [-0.1, -0.05) is 24.6 Å². The maximum atomic E-state index is 13.4. The van der Waals surface area contributed by atoms with Gasteiger partial charge in [-0.15, -0.1) is 10.2 Å². The lowest BCUT2D eigenvalue weighted by Crippen LogP contribution is -2.46. The Kier molecular flexibility index (Phi) is 7.54. The van der Waals surface area contributed by atoms with E-state index in [9.17, 15) is 13.2 Å². The lowest BCUT2D eigenvalue weighted by molar-refractivity contribution is -0.156. The molecular weight excluding hydrogens is 574 g/mol. The summed E-state index contributed by atoms with van der Waals surface area (Å²) in [6.45, 7) is 0.449. The van der Waals surface area contributed by atoms with Crippen molar-refractivity contribution in [1.29, 1.82) is 0 Å². The molecular formula is C28H31N9O5S. The molecule has 0 radical (unpaired) electrons. The number of aromatic nitrogens is 8. The maximum absolute atomic E-state index is 13.4. The normalized spacial score (nSPS) is 19.2. The van der Waals surface area contributed by atoms with Gasteiger partial charge < -0.3 is 15.2 Å². The fourth-order valence-corrected chi connectivity index (χ4v) is 6.98. The molecule has 224 valence electrons. The first-order valence-corrected chi connectivity index (χ1v) is 15.6. The average Bonchev–Trinajstić information content (AvgIpc) is 3.77. The number of nitrogens with two attached hydrogens (primary N) is 1. The molecule has 43 heavy (non-hydrogen) atoms. The summed E-state index contributed by atoms with van der Waals surface area (Å²) >= 11 is 0. The number of para-hydroxylation sites is 1. The molecule has 1 saturated carbocycles. The molecule has 14 nitrogen and oxygen atoms in total. The van der Waals surface area contributed by atoms with E-state index in [2.05, 4.69) is 20.4 Å². The van der Waals surface area contributed by atoms with Crippen molar-refractivity contribution in [1.82, 2.24) is 39.1 Å². The highest BCUT2D eigenvalue weighted by molar-refractivity contribution is 7.91. The van der Waals surface area contributed by atoms with Crippen molar-refractivity contribution in [2.45, 2.75) is 42.2 Å². The van der Waals surface area contributed by atoms with Gasteiger partial charge in [0, 0.05) is 30.7 Å². The summed E-state index contributed by atoms with van der Waals surface area (Å²) < 4.78 is 43.1. The van der Waals surface area contributed by atoms with E-state index >= 15 is 0 Å². The third-order valence-corrected chi connectivity index (χ3v) is 8.99. The molecule has 4 aromatic heterocycles. The molecule has 1 aliphatic carbocycles. The molecule has 0 amide bonds. The van der Waals surface area contributed by atoms with E-state index in [-0.39, 0.29) is 35.4 Å². The molecule has 2 N–H and O–H groups in total. The predicted octanol–water partition coefficient (Wildman–Crippen LogP) is 2.65. The Bertz CT molecular complexity index is 1880. The van der Waals surface area contributed by atoms with Crippen LogP contribution in [0.3, 0.4) is 0 Å². The number of carbonyl (C=O) groups excluding carboxylic acids is 1. The number of benzene rings is 1. The molecule has 6 rings (SSSR count). The number of ether oxygens (including phenoxy) is 2. The zero-order valence-electron chi connectivity index (χ0n) is 23.7. The number of nitrogens with zero attached hydrogens (tertiary/aromatic N) is 8. The second-order valence-corrected chi connectivity index (χ2v) is 12.4. The first-order chi connectivity index (χ1) is 20.8. The monoisotopic (exact) mass is 605 g/mol. The van der Waals surface area contributed by atoms with E-state index in [1.54, 1.807) is 28.8 Å². The quantitative estimate of drug-likeness (QED) is 0.183. The van der Waals surface area contributed by atoms with Crippen LogP contribution in [0, 0.1) is 0 Å². The summed E-state index contributed by atoms with van der Waals surface area (Å²) in [6.07, 6.45) is 10.7. The van der Waals surface area contributed by atoms with Crippen LogP contribution < -0.4 is 5.73 Å². The number of hydrogen-bond donors (Lipinski definition) is 1. The van der Waals surface area contributed by atoms with Crippen LogP contribution in [0.5, 0.6) is 0 Å². The molecule has 1 fully saturated rings. The first kappa shape index (κ1) is 28.6. The molecule has 1 aliphatic rings. The highest BCUT2D eigenvalue weighted by atomic mass is 32.2. The molecule has 4 heterocycles. The number of sulfone groups is 1. The molecule has 0 saturated heterocycles. The lowest BCUT2D eigenvalue weighted by Gasteiger charge is -2.45. The molecule has 1 unspecified atom stereocenters. The van der Waals surface area contributed by atoms with E-state index < -0.39 is 21.5 Å². The summed E-state index contributed by atoms with van der Waals surface area (Å²) in [6, 6.07) is 9.64. The van der Waals surface area contributed by atoms with E-state index in [0.29, 0.717) is 30.3 Å².